The van der Waals surface area contributed by atoms with Crippen LogP contribution in [0.2, 0.25) is 0 Å². The monoisotopic (exact) mass is 423 g/mol. The molecular formula is C28H45N3. The number of aryl methyl sites for hydroxylation is 2. The maximum absolute atomic E-state index is 4.68. The average molecular weight is 424 g/mol. The van der Waals surface area contributed by atoms with E-state index in [2.05, 4.69) is 75.5 Å². The van der Waals surface area contributed by atoms with Gasteiger partial charge in [0.2, 0.25) is 0 Å². The van der Waals surface area contributed by atoms with Crippen molar-refractivity contribution in [3.05, 3.63) is 53.5 Å². The number of aromatic nitrogens is 2. The van der Waals surface area contributed by atoms with Gasteiger partial charge in [-0.15, -0.1) is 0 Å². The van der Waals surface area contributed by atoms with Gasteiger partial charge < -0.3 is 5.32 Å². The van der Waals surface area contributed by atoms with Gasteiger partial charge >= 0.3 is 0 Å². The fourth-order valence-electron chi connectivity index (χ4n) is 3.20. The average Bonchev–Trinajstić information content (AvgIpc) is 3.57. The van der Waals surface area contributed by atoms with Crippen molar-refractivity contribution < 1.29 is 0 Å². The summed E-state index contributed by atoms with van der Waals surface area (Å²) in [6, 6.07) is 4.33. The lowest BCUT2D eigenvalue weighted by molar-refractivity contribution is 0.316. The number of nitrogens with zero attached hydrogens (tertiary/aromatic N) is 2. The van der Waals surface area contributed by atoms with Crippen LogP contribution in [0.3, 0.4) is 0 Å². The maximum atomic E-state index is 4.68. The number of rotatable bonds is 6. The lowest BCUT2D eigenvalue weighted by atomic mass is 9.88. The van der Waals surface area contributed by atoms with Gasteiger partial charge in [-0.1, -0.05) is 55.0 Å². The molecule has 0 aliphatic heterocycles. The van der Waals surface area contributed by atoms with Crippen molar-refractivity contribution in [1.82, 2.24) is 9.97 Å². The fraction of sp³-hybridized carbons (Fsp3) is 0.571. The van der Waals surface area contributed by atoms with E-state index < -0.39 is 0 Å². The molecule has 2 aromatic rings. The first-order chi connectivity index (χ1) is 14.6. The summed E-state index contributed by atoms with van der Waals surface area (Å²) in [5, 5.41) is 3.41. The van der Waals surface area contributed by atoms with E-state index in [1.54, 1.807) is 0 Å². The quantitative estimate of drug-likeness (QED) is 0.505. The first-order valence-corrected chi connectivity index (χ1v) is 12.0. The van der Waals surface area contributed by atoms with Gasteiger partial charge in [0.25, 0.3) is 0 Å². The van der Waals surface area contributed by atoms with Gasteiger partial charge in [0, 0.05) is 17.5 Å². The van der Waals surface area contributed by atoms with E-state index in [1.807, 2.05) is 40.1 Å². The SMILES string of the molecule is C=C(C)c1cc(C)c(C)nc1Nc1cncc(C2CC2)c1.CC.CC(C)C(C)C(C)C. The number of hydrogen-bond acceptors (Lipinski definition) is 3. The van der Waals surface area contributed by atoms with E-state index >= 15 is 0 Å². The predicted molar refractivity (Wildman–Crippen MR) is 138 cm³/mol. The lowest BCUT2D eigenvalue weighted by Crippen LogP contribution is -2.10. The van der Waals surface area contributed by atoms with Crippen molar-refractivity contribution in [2.75, 3.05) is 5.32 Å². The van der Waals surface area contributed by atoms with Crippen molar-refractivity contribution in [2.45, 2.75) is 88.0 Å². The van der Waals surface area contributed by atoms with Crippen LogP contribution in [0.25, 0.3) is 5.57 Å². The summed E-state index contributed by atoms with van der Waals surface area (Å²) in [5.41, 5.74) is 6.62. The molecule has 2 aromatic heterocycles. The zero-order valence-corrected chi connectivity index (χ0v) is 21.6. The van der Waals surface area contributed by atoms with Gasteiger partial charge in [-0.3, -0.25) is 4.98 Å². The molecule has 1 N–H and O–H groups in total. The topological polar surface area (TPSA) is 37.8 Å². The highest BCUT2D eigenvalue weighted by Gasteiger charge is 2.24. The van der Waals surface area contributed by atoms with E-state index in [4.69, 9.17) is 0 Å². The summed E-state index contributed by atoms with van der Waals surface area (Å²) in [5.74, 6) is 4.12. The van der Waals surface area contributed by atoms with E-state index in [0.717, 1.165) is 46.1 Å². The maximum Gasteiger partial charge on any atom is 0.138 e. The Balaban J connectivity index is 0.000000409. The first-order valence-electron chi connectivity index (χ1n) is 12.0. The summed E-state index contributed by atoms with van der Waals surface area (Å²) in [6.07, 6.45) is 6.38. The Morgan fingerprint density at radius 3 is 2.03 bits per heavy atom. The molecule has 0 radical (unpaired) electrons. The van der Waals surface area contributed by atoms with Crippen LogP contribution in [0.5, 0.6) is 0 Å². The van der Waals surface area contributed by atoms with Crippen LogP contribution in [0.1, 0.15) is 96.5 Å². The van der Waals surface area contributed by atoms with Gasteiger partial charge in [-0.05, 0) is 86.1 Å². The zero-order chi connectivity index (χ0) is 23.7. The largest absolute Gasteiger partial charge is 0.338 e. The highest BCUT2D eigenvalue weighted by molar-refractivity contribution is 5.75. The Bertz CT molecular complexity index is 824. The molecule has 3 rings (SSSR count). The van der Waals surface area contributed by atoms with Crippen LogP contribution < -0.4 is 5.32 Å². The van der Waals surface area contributed by atoms with Crippen molar-refractivity contribution in [1.29, 1.82) is 0 Å². The molecule has 0 unspecified atom stereocenters. The van der Waals surface area contributed by atoms with Gasteiger partial charge in [-0.2, -0.15) is 0 Å². The second-order valence-electron chi connectivity index (χ2n) is 9.32. The fourth-order valence-corrected chi connectivity index (χ4v) is 3.20. The van der Waals surface area contributed by atoms with Crippen molar-refractivity contribution in [2.24, 2.45) is 17.8 Å². The highest BCUT2D eigenvalue weighted by Crippen LogP contribution is 2.40. The molecule has 1 fully saturated rings. The van der Waals surface area contributed by atoms with E-state index in [9.17, 15) is 0 Å². The van der Waals surface area contributed by atoms with Crippen LogP contribution >= 0.6 is 0 Å². The molecule has 172 valence electrons. The molecule has 1 aliphatic rings. The zero-order valence-electron chi connectivity index (χ0n) is 21.6. The molecule has 1 saturated carbocycles. The minimum atomic E-state index is 0.701. The molecule has 0 saturated heterocycles. The van der Waals surface area contributed by atoms with Gasteiger partial charge in [0.05, 0.1) is 11.9 Å². The standard InChI is InChI=1S/C18H21N3.C8H18.C2H6/c1-11(2)17-7-12(3)13(4)20-18(17)21-16-8-15(9-19-10-16)14-5-6-14;1-6(2)8(5)7(3)4;1-2/h7-10,14H,1,5-6H2,2-4H3,(H,20,21);6-8H,1-5H3;1-2H3. The van der Waals surface area contributed by atoms with Gasteiger partial charge in [0.15, 0.2) is 0 Å². The molecule has 1 aliphatic carbocycles. The third-order valence-corrected chi connectivity index (χ3v) is 6.10. The molecule has 0 aromatic carbocycles. The Morgan fingerprint density at radius 2 is 1.58 bits per heavy atom. The molecule has 0 bridgehead atoms. The van der Waals surface area contributed by atoms with Crippen LogP contribution in [-0.2, 0) is 0 Å². The Hall–Kier alpha value is -2.16. The van der Waals surface area contributed by atoms with Crippen LogP contribution in [0, 0.1) is 31.6 Å². The Labute approximate surface area is 191 Å². The molecule has 31 heavy (non-hydrogen) atoms. The molecule has 0 spiro atoms. The Morgan fingerprint density at radius 1 is 1.00 bits per heavy atom. The normalized spacial score (nSPS) is 12.8. The second kappa shape index (κ2) is 12.6. The third kappa shape index (κ3) is 8.47. The molecule has 3 heteroatoms. The summed E-state index contributed by atoms with van der Waals surface area (Å²) < 4.78 is 0. The summed E-state index contributed by atoms with van der Waals surface area (Å²) >= 11 is 0. The van der Waals surface area contributed by atoms with Crippen molar-refractivity contribution >= 4 is 17.1 Å². The number of anilines is 2. The number of hydrogen-bond donors (Lipinski definition) is 1. The van der Waals surface area contributed by atoms with E-state index in [-0.39, 0.29) is 0 Å². The molecule has 0 amide bonds. The van der Waals surface area contributed by atoms with Crippen molar-refractivity contribution in [3.8, 4) is 0 Å². The molecule has 3 nitrogen and oxygen atoms in total. The third-order valence-electron chi connectivity index (χ3n) is 6.10. The van der Waals surface area contributed by atoms with Gasteiger partial charge in [0.1, 0.15) is 5.82 Å². The molecule has 2 heterocycles. The number of nitrogens with one attached hydrogen (secondary N) is 1. The second-order valence-corrected chi connectivity index (χ2v) is 9.32. The summed E-state index contributed by atoms with van der Waals surface area (Å²) in [4.78, 5) is 9.02. The molecular weight excluding hydrogens is 378 g/mol. The van der Waals surface area contributed by atoms with Crippen LogP contribution in [0.15, 0.2) is 31.1 Å². The van der Waals surface area contributed by atoms with E-state index in [1.165, 1.54) is 24.0 Å². The Kier molecular flexibility index (Phi) is 11.0. The van der Waals surface area contributed by atoms with Crippen LogP contribution in [0.4, 0.5) is 11.5 Å². The number of pyridine rings is 2. The smallest absolute Gasteiger partial charge is 0.138 e. The van der Waals surface area contributed by atoms with Gasteiger partial charge in [-0.25, -0.2) is 4.98 Å². The number of allylic oxidation sites excluding steroid dienone is 1. The minimum Gasteiger partial charge on any atom is -0.338 e. The van der Waals surface area contributed by atoms with E-state index in [0.29, 0.717) is 5.92 Å². The predicted octanol–water partition coefficient (Wildman–Crippen LogP) is 8.71. The lowest BCUT2D eigenvalue weighted by Gasteiger charge is -2.18. The van der Waals surface area contributed by atoms with Crippen LogP contribution in [-0.4, -0.2) is 9.97 Å². The summed E-state index contributed by atoms with van der Waals surface area (Å²) in [7, 11) is 0. The van der Waals surface area contributed by atoms with Crippen molar-refractivity contribution in [3.63, 3.8) is 0 Å². The molecule has 0 atom stereocenters. The summed E-state index contributed by atoms with van der Waals surface area (Å²) in [6.45, 7) is 25.6. The first kappa shape index (κ1) is 26.9. The minimum absolute atomic E-state index is 0.701. The highest BCUT2D eigenvalue weighted by atomic mass is 15.0.